The molecule has 0 aliphatic carbocycles. The first-order valence-electron chi connectivity index (χ1n) is 24.6. The van der Waals surface area contributed by atoms with Crippen LogP contribution in [0.5, 0.6) is 5.75 Å². The fraction of sp³-hybridized carbons (Fsp3) is 0.500. The number of aliphatic hydroxyl groups excluding tert-OH is 2. The highest BCUT2D eigenvalue weighted by Crippen LogP contribution is 2.40. The summed E-state index contributed by atoms with van der Waals surface area (Å²) in [4.78, 5) is 77.2. The number of carbonyl (C=O) groups excluding carboxylic acids is 5. The number of thiazole rings is 1. The van der Waals surface area contributed by atoms with E-state index in [0.717, 1.165) is 46.7 Å². The Morgan fingerprint density at radius 3 is 2.20 bits per heavy atom. The highest BCUT2D eigenvalue weighted by molar-refractivity contribution is 7.13. The summed E-state index contributed by atoms with van der Waals surface area (Å²) in [6.07, 6.45) is -3.86. The first-order valence-corrected chi connectivity index (χ1v) is 25.5. The molecule has 2 fully saturated rings. The maximum Gasteiger partial charge on any atom is 0.417 e. The minimum Gasteiger partial charge on any atom is -0.494 e. The van der Waals surface area contributed by atoms with E-state index in [1.54, 1.807) is 75.7 Å². The highest BCUT2D eigenvalue weighted by Gasteiger charge is 2.53. The van der Waals surface area contributed by atoms with Crippen LogP contribution in [0.25, 0.3) is 10.4 Å². The van der Waals surface area contributed by atoms with E-state index < -0.39 is 87.6 Å². The zero-order chi connectivity index (χ0) is 54.3. The standard InChI is InChI=1S/C54H66F3N7O9S/c1-33-44(74-32-60-33)35-16-14-34(15-17-35)30-59-46(67)42-28-39(65)31-62(42)47(68)45(51(2,3)4)61-48(69)52(5,6)43(66)13-12-25-72-24-10-9-11-26-73-40-22-20-37(21-23-40)64-50(71)63(49(70)53(64,7)8)38-19-18-36(29-58)41(27-38)54(55,56)57/h14-23,27,32,39,42-43,45,65-66H,9-13,24-26,28,30-31H2,1-8H3,(H,59,67)(H,61,69)/t39-,42?,43?,45?/m1/s1. The second kappa shape index (κ2) is 23.4. The summed E-state index contributed by atoms with van der Waals surface area (Å²) in [5.41, 5.74) is -0.727. The lowest BCUT2D eigenvalue weighted by molar-refractivity contribution is -0.147. The number of carbonyl (C=O) groups is 5. The van der Waals surface area contributed by atoms with Crippen molar-refractivity contribution >= 4 is 52.4 Å². The van der Waals surface area contributed by atoms with Gasteiger partial charge in [0.1, 0.15) is 23.4 Å². The van der Waals surface area contributed by atoms with Crippen LogP contribution in [0.2, 0.25) is 0 Å². The van der Waals surface area contributed by atoms with Gasteiger partial charge >= 0.3 is 12.2 Å². The minimum atomic E-state index is -4.87. The molecule has 6 amide bonds. The number of aromatic nitrogens is 1. The Bertz CT molecular complexity index is 2700. The number of hydrogen-bond acceptors (Lipinski definition) is 12. The number of unbranched alkanes of at least 4 members (excludes halogenated alkanes) is 2. The molecule has 74 heavy (non-hydrogen) atoms. The Balaban J connectivity index is 0.896. The molecule has 2 saturated heterocycles. The number of nitrogens with one attached hydrogen (secondary N) is 2. The average Bonchev–Trinajstić information content (AvgIpc) is 4.01. The molecule has 0 spiro atoms. The van der Waals surface area contributed by atoms with Crippen LogP contribution in [-0.4, -0.2) is 106 Å². The van der Waals surface area contributed by atoms with Crippen molar-refractivity contribution in [2.75, 3.05) is 36.2 Å². The van der Waals surface area contributed by atoms with Crippen LogP contribution in [0.1, 0.15) is 109 Å². The molecule has 4 N–H and O–H groups in total. The van der Waals surface area contributed by atoms with E-state index in [1.165, 1.54) is 29.7 Å². The van der Waals surface area contributed by atoms with E-state index in [9.17, 15) is 52.6 Å². The topological polar surface area (TPSA) is 215 Å². The van der Waals surface area contributed by atoms with Crippen molar-refractivity contribution in [1.82, 2.24) is 20.5 Å². The number of nitriles is 1. The number of urea groups is 1. The molecule has 4 atom stereocenters. The molecule has 3 aromatic carbocycles. The molecule has 3 unspecified atom stereocenters. The zero-order valence-corrected chi connectivity index (χ0v) is 43.9. The third-order valence-electron chi connectivity index (χ3n) is 13.5. The summed E-state index contributed by atoms with van der Waals surface area (Å²) in [6, 6.07) is 15.6. The lowest BCUT2D eigenvalue weighted by Gasteiger charge is -2.38. The van der Waals surface area contributed by atoms with Crippen molar-refractivity contribution in [1.29, 1.82) is 5.26 Å². The van der Waals surface area contributed by atoms with Crippen LogP contribution < -0.4 is 25.2 Å². The molecule has 2 aliphatic rings. The van der Waals surface area contributed by atoms with E-state index in [2.05, 4.69) is 15.6 Å². The number of anilines is 2. The summed E-state index contributed by atoms with van der Waals surface area (Å²) in [6.45, 7) is 14.9. The number of hydrogen-bond donors (Lipinski definition) is 4. The maximum atomic E-state index is 14.2. The quantitative estimate of drug-likeness (QED) is 0.0460. The average molecular weight is 1050 g/mol. The Hall–Kier alpha value is -6.40. The molecule has 3 heterocycles. The fourth-order valence-electron chi connectivity index (χ4n) is 8.91. The molecular formula is C54H66F3N7O9S. The molecule has 2 aliphatic heterocycles. The number of rotatable bonds is 21. The molecule has 0 radical (unpaired) electrons. The van der Waals surface area contributed by atoms with Crippen molar-refractivity contribution < 1.29 is 56.8 Å². The summed E-state index contributed by atoms with van der Waals surface area (Å²) < 4.78 is 52.7. The van der Waals surface area contributed by atoms with Gasteiger partial charge in [-0.15, -0.1) is 11.3 Å². The number of alkyl halides is 3. The van der Waals surface area contributed by atoms with Crippen LogP contribution in [-0.2, 0) is 36.6 Å². The molecule has 0 bridgehead atoms. The predicted octanol–water partition coefficient (Wildman–Crippen LogP) is 8.30. The number of imide groups is 1. The number of ether oxygens (including phenoxy) is 2. The van der Waals surface area contributed by atoms with Crippen molar-refractivity contribution in [2.45, 2.75) is 136 Å². The van der Waals surface area contributed by atoms with Gasteiger partial charge in [0, 0.05) is 38.4 Å². The number of amides is 6. The lowest BCUT2D eigenvalue weighted by atomic mass is 9.80. The second-order valence-corrected chi connectivity index (χ2v) is 21.8. The van der Waals surface area contributed by atoms with Gasteiger partial charge in [0.15, 0.2) is 0 Å². The zero-order valence-electron chi connectivity index (χ0n) is 43.0. The van der Waals surface area contributed by atoms with Gasteiger partial charge in [-0.3, -0.25) is 24.1 Å². The van der Waals surface area contributed by atoms with Gasteiger partial charge in [0.25, 0.3) is 5.91 Å². The molecule has 4 aromatic rings. The Labute approximate surface area is 433 Å². The van der Waals surface area contributed by atoms with Crippen LogP contribution in [0.3, 0.4) is 0 Å². The van der Waals surface area contributed by atoms with Gasteiger partial charge in [0.05, 0.1) is 63.2 Å². The smallest absolute Gasteiger partial charge is 0.417 e. The summed E-state index contributed by atoms with van der Waals surface area (Å²) >= 11 is 1.55. The molecule has 20 heteroatoms. The van der Waals surface area contributed by atoms with Gasteiger partial charge in [-0.25, -0.2) is 14.7 Å². The Morgan fingerprint density at radius 1 is 0.932 bits per heavy atom. The molecule has 0 saturated carbocycles. The third kappa shape index (κ3) is 13.1. The first kappa shape index (κ1) is 56.9. The number of β-amino-alcohol motifs (C(OH)–C–C–N with tert-alkyl or cyclic N) is 1. The van der Waals surface area contributed by atoms with Crippen molar-refractivity contribution in [3.8, 4) is 22.3 Å². The Morgan fingerprint density at radius 2 is 1.58 bits per heavy atom. The largest absolute Gasteiger partial charge is 0.494 e. The lowest BCUT2D eigenvalue weighted by Crippen LogP contribution is -2.60. The summed E-state index contributed by atoms with van der Waals surface area (Å²) in [5, 5.41) is 36.8. The van der Waals surface area contributed by atoms with Gasteiger partial charge in [-0.1, -0.05) is 45.0 Å². The van der Waals surface area contributed by atoms with E-state index in [1.807, 2.05) is 31.2 Å². The number of nitrogens with zero attached hydrogens (tertiary/aromatic N) is 5. The van der Waals surface area contributed by atoms with Crippen LogP contribution in [0, 0.1) is 29.1 Å². The van der Waals surface area contributed by atoms with E-state index in [0.29, 0.717) is 55.1 Å². The second-order valence-electron chi connectivity index (χ2n) is 20.9. The molecule has 16 nitrogen and oxygen atoms in total. The van der Waals surface area contributed by atoms with Gasteiger partial charge < -0.3 is 35.2 Å². The van der Waals surface area contributed by atoms with E-state index >= 15 is 0 Å². The number of aryl methyl sites for hydroxylation is 1. The van der Waals surface area contributed by atoms with Gasteiger partial charge in [0.2, 0.25) is 17.7 Å². The summed E-state index contributed by atoms with van der Waals surface area (Å²) in [5.74, 6) is -1.66. The van der Waals surface area contributed by atoms with Crippen molar-refractivity contribution in [3.63, 3.8) is 0 Å². The maximum absolute atomic E-state index is 14.2. The van der Waals surface area contributed by atoms with Crippen molar-refractivity contribution in [3.05, 3.63) is 94.6 Å². The summed E-state index contributed by atoms with van der Waals surface area (Å²) in [7, 11) is 0. The molecular weight excluding hydrogens is 980 g/mol. The van der Waals surface area contributed by atoms with Crippen LogP contribution >= 0.6 is 11.3 Å². The normalized spacial score (nSPS) is 17.8. The Kier molecular flexibility index (Phi) is 18.0. The van der Waals surface area contributed by atoms with Crippen LogP contribution in [0.15, 0.2) is 72.2 Å². The monoisotopic (exact) mass is 1050 g/mol. The molecule has 398 valence electrons. The molecule has 6 rings (SSSR count). The predicted molar refractivity (Wildman–Crippen MR) is 273 cm³/mol. The molecule has 1 aromatic heterocycles. The van der Waals surface area contributed by atoms with Crippen molar-refractivity contribution in [2.24, 2.45) is 10.8 Å². The van der Waals surface area contributed by atoms with E-state index in [4.69, 9.17) is 9.47 Å². The first-order chi connectivity index (χ1) is 34.8. The number of benzene rings is 3. The third-order valence-corrected chi connectivity index (χ3v) is 14.5. The number of likely N-dealkylation sites (tertiary alicyclic amines) is 1. The number of halogens is 3. The number of aliphatic hydroxyl groups is 2. The van der Waals surface area contributed by atoms with Crippen LogP contribution in [0.4, 0.5) is 29.3 Å². The van der Waals surface area contributed by atoms with Gasteiger partial charge in [-0.2, -0.15) is 18.4 Å². The SMILES string of the molecule is Cc1ncsc1-c1ccc(CNC(=O)C2C[C@@H](O)CN2C(=O)C(NC(=O)C(C)(C)C(O)CCCOCCCCCOc2ccc(N3C(=O)N(c4ccc(C#N)c(C(F)(F)F)c4)C(=O)C3(C)C)cc2)C(C)(C)C)cc1. The minimum absolute atomic E-state index is 0.0520. The van der Waals surface area contributed by atoms with E-state index in [-0.39, 0.29) is 31.6 Å². The highest BCUT2D eigenvalue weighted by atomic mass is 32.1. The fourth-order valence-corrected chi connectivity index (χ4v) is 9.73. The van der Waals surface area contributed by atoms with Gasteiger partial charge in [-0.05, 0) is 126 Å².